The summed E-state index contributed by atoms with van der Waals surface area (Å²) in [4.78, 5) is 56.5. The summed E-state index contributed by atoms with van der Waals surface area (Å²) in [5, 5.41) is 13.5. The maximum Gasteiger partial charge on any atom is 0.326 e. The first-order valence-electron chi connectivity index (χ1n) is 24.7. The molecule has 366 valence electrons. The van der Waals surface area contributed by atoms with E-state index in [0.29, 0.717) is 17.9 Å². The van der Waals surface area contributed by atoms with Crippen LogP contribution in [0.2, 0.25) is 0 Å². The van der Waals surface area contributed by atoms with Gasteiger partial charge >= 0.3 is 18.1 Å². The number of amides is 6. The van der Waals surface area contributed by atoms with Gasteiger partial charge in [0.05, 0.1) is 35.0 Å². The van der Waals surface area contributed by atoms with Gasteiger partial charge in [0.25, 0.3) is 0 Å². The zero-order valence-corrected chi connectivity index (χ0v) is 41.3. The third kappa shape index (κ3) is 9.16. The van der Waals surface area contributed by atoms with E-state index in [1.807, 2.05) is 97.4 Å². The lowest BCUT2D eigenvalue weighted by Crippen LogP contribution is -2.38. The quantitative estimate of drug-likeness (QED) is 0.160. The summed E-state index contributed by atoms with van der Waals surface area (Å²) in [6, 6.07) is 35.8. The average molecular weight is 969 g/mol. The second-order valence-electron chi connectivity index (χ2n) is 18.8. The molecule has 15 nitrogen and oxygen atoms in total. The van der Waals surface area contributed by atoms with Crippen molar-refractivity contribution >= 4 is 95.8 Å². The molecule has 9 heterocycles. The molecule has 13 rings (SSSR count). The van der Waals surface area contributed by atoms with Crippen molar-refractivity contribution in [2.45, 2.75) is 39.0 Å². The molecule has 0 fully saturated rings. The molecule has 0 atom stereocenters. The van der Waals surface area contributed by atoms with Gasteiger partial charge in [0.1, 0.15) is 0 Å². The number of hydrogen-bond acceptors (Lipinski definition) is 6. The molecular formula is C58H56N12O3. The van der Waals surface area contributed by atoms with Crippen LogP contribution in [0.25, 0.3) is 43.6 Å². The number of pyridine rings is 3. The highest BCUT2D eigenvalue weighted by Crippen LogP contribution is 2.37. The van der Waals surface area contributed by atoms with Gasteiger partial charge in [-0.1, -0.05) is 18.2 Å². The fourth-order valence-electron chi connectivity index (χ4n) is 10.5. The van der Waals surface area contributed by atoms with Crippen LogP contribution in [0, 0.1) is 6.92 Å². The summed E-state index contributed by atoms with van der Waals surface area (Å²) in [5.74, 6) is 0. The van der Waals surface area contributed by atoms with Gasteiger partial charge in [-0.15, -0.1) is 0 Å². The van der Waals surface area contributed by atoms with Crippen LogP contribution in [0.3, 0.4) is 0 Å². The Kier molecular flexibility index (Phi) is 12.5. The number of carbonyl (C=O) groups is 3. The normalized spacial score (nSPS) is 13.7. The number of nitrogens with zero attached hydrogens (tertiary/aromatic N) is 9. The van der Waals surface area contributed by atoms with Crippen LogP contribution in [-0.4, -0.2) is 66.4 Å². The molecule has 4 aromatic carbocycles. The number of aryl methyl sites for hydroxylation is 6. The molecule has 0 unspecified atom stereocenters. The lowest BCUT2D eigenvalue weighted by Gasteiger charge is -2.30. The zero-order chi connectivity index (χ0) is 50.2. The molecule has 0 saturated heterocycles. The number of nitrogens with one attached hydrogen (secondary N) is 3. The lowest BCUT2D eigenvalue weighted by molar-refractivity contribution is 0.255. The molecule has 0 saturated carbocycles. The monoisotopic (exact) mass is 968 g/mol. The third-order valence-electron chi connectivity index (χ3n) is 14.1. The first-order chi connectivity index (χ1) is 35.6. The Bertz CT molecular complexity index is 3650. The highest BCUT2D eigenvalue weighted by Gasteiger charge is 2.28. The topological polar surface area (TPSA) is 150 Å². The molecule has 15 heteroatoms. The number of hydrogen-bond donors (Lipinski definition) is 3. The molecule has 0 aliphatic carbocycles. The molecule has 6 amide bonds. The molecule has 0 spiro atoms. The number of anilines is 6. The van der Waals surface area contributed by atoms with Gasteiger partial charge in [-0.05, 0) is 147 Å². The van der Waals surface area contributed by atoms with Gasteiger partial charge in [-0.3, -0.25) is 29.7 Å². The summed E-state index contributed by atoms with van der Waals surface area (Å²) < 4.78 is 6.35. The largest absolute Gasteiger partial charge is 0.351 e. The summed E-state index contributed by atoms with van der Waals surface area (Å²) in [7, 11) is 6.14. The highest BCUT2D eigenvalue weighted by molar-refractivity contribution is 6.09. The van der Waals surface area contributed by atoms with Crippen molar-refractivity contribution in [1.82, 2.24) is 28.7 Å². The Morgan fingerprint density at radius 1 is 0.507 bits per heavy atom. The number of para-hydroxylation sites is 1. The molecule has 3 aliphatic rings. The van der Waals surface area contributed by atoms with E-state index in [0.717, 1.165) is 89.9 Å². The van der Waals surface area contributed by atoms with Crippen molar-refractivity contribution in [2.24, 2.45) is 21.1 Å². The van der Waals surface area contributed by atoms with Gasteiger partial charge in [0.15, 0.2) is 0 Å². The number of benzene rings is 4. The molecule has 3 aliphatic heterocycles. The summed E-state index contributed by atoms with van der Waals surface area (Å²) in [6.45, 7) is 4.10. The zero-order valence-electron chi connectivity index (χ0n) is 41.3. The maximum absolute atomic E-state index is 13.1. The van der Waals surface area contributed by atoms with Crippen molar-refractivity contribution in [3.63, 3.8) is 0 Å². The number of carbonyl (C=O) groups excluding carboxylic acids is 3. The molecule has 0 bridgehead atoms. The minimum absolute atomic E-state index is 0.0974. The molecule has 73 heavy (non-hydrogen) atoms. The summed E-state index contributed by atoms with van der Waals surface area (Å²) in [6.07, 6.45) is 17.7. The summed E-state index contributed by atoms with van der Waals surface area (Å²) in [5.41, 5.74) is 14.4. The Labute approximate surface area is 422 Å². The van der Waals surface area contributed by atoms with E-state index in [9.17, 15) is 14.4 Å². The van der Waals surface area contributed by atoms with Gasteiger partial charge in [-0.25, -0.2) is 14.4 Å². The minimum Gasteiger partial charge on any atom is -0.351 e. The van der Waals surface area contributed by atoms with E-state index in [1.165, 1.54) is 44.0 Å². The van der Waals surface area contributed by atoms with Crippen molar-refractivity contribution in [3.05, 3.63) is 175 Å². The maximum atomic E-state index is 13.1. The second kappa shape index (κ2) is 19.7. The van der Waals surface area contributed by atoms with E-state index >= 15 is 0 Å². The molecular weight excluding hydrogens is 913 g/mol. The van der Waals surface area contributed by atoms with Gasteiger partial charge in [-0.2, -0.15) is 0 Å². The smallest absolute Gasteiger partial charge is 0.326 e. The van der Waals surface area contributed by atoms with E-state index in [-0.39, 0.29) is 18.1 Å². The van der Waals surface area contributed by atoms with Crippen molar-refractivity contribution in [1.29, 1.82) is 0 Å². The standard InChI is InChI=1S/C22H20N4O.2C18H18N4O/c1-14-13-19(17-5-3-4-6-18(17)23-14)24-22(27)26-12-10-16-15-9-11-25(2)20(15)7-8-21(16)26;1-21-9-6-14-11-17-13(10-16(14)21)4-3-8-22(17)18(23)20-15-5-2-7-19-12-15;1-21-11-8-15-14-5-3-10-22(17(14)7-6-16(15)21)18(23)20-13-4-2-9-19-12-13/h3-9,11,13H,10,12H2,1-2H3,(H,23,24,27);2,5-7,9-12H,3-4,8H2,1H3,(H,20,23);2,4,6-9,11-12H,3,5,10H2,1H3,(H,20,23). The van der Waals surface area contributed by atoms with Gasteiger partial charge < -0.3 is 29.7 Å². The van der Waals surface area contributed by atoms with Crippen molar-refractivity contribution in [3.8, 4) is 0 Å². The number of rotatable bonds is 3. The van der Waals surface area contributed by atoms with Gasteiger partial charge in [0, 0.05) is 133 Å². The first-order valence-corrected chi connectivity index (χ1v) is 24.7. The predicted octanol–water partition coefficient (Wildman–Crippen LogP) is 11.7. The number of fused-ring (bicyclic) bond motifs is 9. The number of aromatic nitrogens is 6. The van der Waals surface area contributed by atoms with Crippen molar-refractivity contribution in [2.75, 3.05) is 50.3 Å². The summed E-state index contributed by atoms with van der Waals surface area (Å²) >= 11 is 0. The van der Waals surface area contributed by atoms with E-state index in [1.54, 1.807) is 24.8 Å². The SMILES string of the molecule is Cc1cc(NC(=O)N2CCc3c2ccc2c3ccn2C)c2ccccc2n1.Cn1ccc2c3c(ccc21)N(C(=O)Nc1cccnc1)CCC3.Cn1ccc2cc3c(cc21)CCCN3C(=O)Nc1cccnc1. The Morgan fingerprint density at radius 3 is 1.71 bits per heavy atom. The van der Waals surface area contributed by atoms with Crippen molar-refractivity contribution < 1.29 is 14.4 Å². The average Bonchev–Trinajstić information content (AvgIpc) is 4.21. The fourth-order valence-corrected chi connectivity index (χ4v) is 10.5. The fraction of sp³-hybridized carbons (Fsp3) is 0.207. The van der Waals surface area contributed by atoms with Crippen LogP contribution in [0.5, 0.6) is 0 Å². The second-order valence-corrected chi connectivity index (χ2v) is 18.8. The number of urea groups is 3. The van der Waals surface area contributed by atoms with Crippen LogP contribution < -0.4 is 30.7 Å². The Morgan fingerprint density at radius 2 is 1.07 bits per heavy atom. The molecule has 10 aromatic rings. The Hall–Kier alpha value is -8.98. The molecule has 3 N–H and O–H groups in total. The van der Waals surface area contributed by atoms with Crippen LogP contribution in [0.4, 0.5) is 48.5 Å². The molecule has 6 aromatic heterocycles. The van der Waals surface area contributed by atoms with Crippen LogP contribution in [-0.2, 0) is 40.4 Å². The first kappa shape index (κ1) is 46.4. The van der Waals surface area contributed by atoms with Crippen LogP contribution >= 0.6 is 0 Å². The van der Waals surface area contributed by atoms with Crippen LogP contribution in [0.1, 0.15) is 35.2 Å². The lowest BCUT2D eigenvalue weighted by atomic mass is 9.98. The molecule has 0 radical (unpaired) electrons. The van der Waals surface area contributed by atoms with Gasteiger partial charge in [0.2, 0.25) is 0 Å². The van der Waals surface area contributed by atoms with E-state index in [2.05, 4.69) is 118 Å². The van der Waals surface area contributed by atoms with Crippen LogP contribution in [0.15, 0.2) is 153 Å². The van der Waals surface area contributed by atoms with E-state index in [4.69, 9.17) is 0 Å². The Balaban J connectivity index is 0.000000119. The predicted molar refractivity (Wildman–Crippen MR) is 293 cm³/mol. The highest BCUT2D eigenvalue weighted by atomic mass is 16.2. The minimum atomic E-state index is -0.103. The third-order valence-corrected chi connectivity index (χ3v) is 14.1. The van der Waals surface area contributed by atoms with E-state index < -0.39 is 0 Å².